The van der Waals surface area contributed by atoms with Crippen molar-refractivity contribution in [1.82, 2.24) is 10.6 Å². The maximum absolute atomic E-state index is 13.9. The maximum atomic E-state index is 13.9. The molecule has 0 bridgehead atoms. The second-order valence-electron chi connectivity index (χ2n) is 12.6. The van der Waals surface area contributed by atoms with Gasteiger partial charge in [-0.3, -0.25) is 9.59 Å². The first-order valence-corrected chi connectivity index (χ1v) is 14.1. The average Bonchev–Trinajstić information content (AvgIpc) is 3.42. The largest absolute Gasteiger partial charge is 0.388 e. The van der Waals surface area contributed by atoms with Gasteiger partial charge in [0, 0.05) is 0 Å². The van der Waals surface area contributed by atoms with Crippen LogP contribution in [0.5, 0.6) is 0 Å². The molecule has 6 nitrogen and oxygen atoms in total. The van der Waals surface area contributed by atoms with E-state index in [9.17, 15) is 19.8 Å². The summed E-state index contributed by atoms with van der Waals surface area (Å²) in [6.45, 7) is 8.44. The van der Waals surface area contributed by atoms with Gasteiger partial charge in [-0.2, -0.15) is 0 Å². The molecule has 0 spiro atoms. The number of hydrogen-bond acceptors (Lipinski definition) is 4. The van der Waals surface area contributed by atoms with E-state index in [-0.39, 0.29) is 23.9 Å². The highest BCUT2D eigenvalue weighted by molar-refractivity contribution is 6.05. The summed E-state index contributed by atoms with van der Waals surface area (Å²) in [6, 6.07) is -0.667. The molecule has 0 aliphatic heterocycles. The lowest BCUT2D eigenvalue weighted by Gasteiger charge is -2.42. The Kier molecular flexibility index (Phi) is 9.11. The molecule has 196 valence electrons. The summed E-state index contributed by atoms with van der Waals surface area (Å²) >= 11 is 0. The zero-order chi connectivity index (χ0) is 25.0. The van der Waals surface area contributed by atoms with Crippen molar-refractivity contribution in [3.63, 3.8) is 0 Å². The molecule has 34 heavy (non-hydrogen) atoms. The summed E-state index contributed by atoms with van der Waals surface area (Å²) in [6.07, 6.45) is 11.9. The lowest BCUT2D eigenvalue weighted by Crippen LogP contribution is -2.62. The van der Waals surface area contributed by atoms with Gasteiger partial charge >= 0.3 is 0 Å². The lowest BCUT2D eigenvalue weighted by molar-refractivity contribution is -0.150. The van der Waals surface area contributed by atoms with Gasteiger partial charge in [0.25, 0.3) is 0 Å². The van der Waals surface area contributed by atoms with E-state index >= 15 is 0 Å². The van der Waals surface area contributed by atoms with Crippen LogP contribution in [0.25, 0.3) is 0 Å². The molecule has 0 aromatic carbocycles. The summed E-state index contributed by atoms with van der Waals surface area (Å²) < 4.78 is 0. The van der Waals surface area contributed by atoms with Gasteiger partial charge in [-0.1, -0.05) is 72.6 Å². The Balaban J connectivity index is 1.83. The van der Waals surface area contributed by atoms with Crippen molar-refractivity contribution in [3.05, 3.63) is 0 Å². The maximum Gasteiger partial charge on any atom is 0.236 e. The molecule has 3 fully saturated rings. The minimum atomic E-state index is -1.12. The van der Waals surface area contributed by atoms with E-state index in [1.807, 2.05) is 0 Å². The van der Waals surface area contributed by atoms with E-state index in [2.05, 4.69) is 38.3 Å². The van der Waals surface area contributed by atoms with Gasteiger partial charge in [-0.05, 0) is 63.2 Å². The fourth-order valence-corrected chi connectivity index (χ4v) is 6.74. The number of hydrogen-bond donors (Lipinski definition) is 4. The Hall–Kier alpha value is -1.14. The van der Waals surface area contributed by atoms with Crippen molar-refractivity contribution in [2.75, 3.05) is 0 Å². The number of amides is 2. The third-order valence-corrected chi connectivity index (χ3v) is 8.84. The summed E-state index contributed by atoms with van der Waals surface area (Å²) in [5.74, 6) is 0.214. The van der Waals surface area contributed by atoms with Gasteiger partial charge in [-0.15, -0.1) is 0 Å². The Morgan fingerprint density at radius 2 is 0.941 bits per heavy atom. The summed E-state index contributed by atoms with van der Waals surface area (Å²) in [7, 11) is 0. The molecule has 6 heteroatoms. The van der Waals surface area contributed by atoms with Gasteiger partial charge in [0.15, 0.2) is 0 Å². The third kappa shape index (κ3) is 6.16. The summed E-state index contributed by atoms with van der Waals surface area (Å²) in [5.41, 5.74) is -2.89. The Bertz CT molecular complexity index is 635. The molecule has 3 aliphatic carbocycles. The number of aliphatic hydroxyl groups is 2. The van der Waals surface area contributed by atoms with Crippen molar-refractivity contribution in [1.29, 1.82) is 0 Å². The van der Waals surface area contributed by atoms with Gasteiger partial charge in [0.1, 0.15) is 5.41 Å². The summed E-state index contributed by atoms with van der Waals surface area (Å²) in [5, 5.41) is 29.1. The van der Waals surface area contributed by atoms with Crippen LogP contribution in [0.1, 0.15) is 124 Å². The predicted octanol–water partition coefficient (Wildman–Crippen LogP) is 4.61. The SMILES string of the molecule is CC(C)C[C@@H](NC(=O)C1(C(=O)N[C@H](CC(C)C)C2(O)CCCC2)CCCCC1)C1(O)CCCC1. The molecule has 0 heterocycles. The van der Waals surface area contributed by atoms with Crippen molar-refractivity contribution >= 4 is 11.8 Å². The fraction of sp³-hybridized carbons (Fsp3) is 0.929. The Morgan fingerprint density at radius 3 is 1.26 bits per heavy atom. The third-order valence-electron chi connectivity index (χ3n) is 8.84. The molecule has 4 N–H and O–H groups in total. The summed E-state index contributed by atoms with van der Waals surface area (Å²) in [4.78, 5) is 27.8. The second kappa shape index (κ2) is 11.3. The number of rotatable bonds is 10. The van der Waals surface area contributed by atoms with E-state index in [1.165, 1.54) is 0 Å². The molecule has 3 saturated carbocycles. The van der Waals surface area contributed by atoms with Crippen LogP contribution in [0.15, 0.2) is 0 Å². The monoisotopic (exact) mass is 478 g/mol. The molecule has 0 saturated heterocycles. The quantitative estimate of drug-likeness (QED) is 0.345. The zero-order valence-electron chi connectivity index (χ0n) is 22.1. The van der Waals surface area contributed by atoms with Gasteiger partial charge in [0.2, 0.25) is 11.8 Å². The molecule has 0 aromatic rings. The Labute approximate surface area is 207 Å². The van der Waals surface area contributed by atoms with Gasteiger partial charge < -0.3 is 20.8 Å². The first kappa shape index (κ1) is 27.4. The van der Waals surface area contributed by atoms with Crippen LogP contribution in [0.3, 0.4) is 0 Å². The lowest BCUT2D eigenvalue weighted by atomic mass is 9.71. The molecule has 0 aromatic heterocycles. The fourth-order valence-electron chi connectivity index (χ4n) is 6.74. The average molecular weight is 479 g/mol. The van der Waals surface area contributed by atoms with Crippen LogP contribution in [0.4, 0.5) is 0 Å². The highest BCUT2D eigenvalue weighted by Gasteiger charge is 2.51. The van der Waals surface area contributed by atoms with E-state index in [4.69, 9.17) is 0 Å². The first-order chi connectivity index (χ1) is 16.0. The number of nitrogens with one attached hydrogen (secondary N) is 2. The predicted molar refractivity (Wildman–Crippen MR) is 135 cm³/mol. The highest BCUT2D eigenvalue weighted by Crippen LogP contribution is 2.41. The highest BCUT2D eigenvalue weighted by atomic mass is 16.3. The second-order valence-corrected chi connectivity index (χ2v) is 12.6. The van der Waals surface area contributed by atoms with E-state index < -0.39 is 16.6 Å². The zero-order valence-corrected chi connectivity index (χ0v) is 22.1. The van der Waals surface area contributed by atoms with Crippen LogP contribution in [0.2, 0.25) is 0 Å². The van der Waals surface area contributed by atoms with E-state index in [0.29, 0.717) is 63.2 Å². The van der Waals surface area contributed by atoms with Crippen molar-refractivity contribution in [3.8, 4) is 0 Å². The normalized spacial score (nSPS) is 25.3. The molecule has 3 aliphatic rings. The topological polar surface area (TPSA) is 98.7 Å². The smallest absolute Gasteiger partial charge is 0.236 e. The van der Waals surface area contributed by atoms with Crippen LogP contribution >= 0.6 is 0 Å². The molecular formula is C28H50N2O4. The number of carbonyl (C=O) groups excluding carboxylic acids is 2. The minimum absolute atomic E-state index is 0.225. The standard InChI is InChI=1S/C28H50N2O4/c1-20(2)18-22(27(33)14-8-9-15-27)29-24(31)26(12-6-5-7-13-26)25(32)30-23(19-21(3)4)28(34)16-10-11-17-28/h20-23,33-34H,5-19H2,1-4H3,(H,29,31)(H,30,32)/t22-,23-/m1/s1. The van der Waals surface area contributed by atoms with E-state index in [1.54, 1.807) is 0 Å². The van der Waals surface area contributed by atoms with Crippen LogP contribution < -0.4 is 10.6 Å². The number of carbonyl (C=O) groups is 2. The van der Waals surface area contributed by atoms with Gasteiger partial charge in [-0.25, -0.2) is 0 Å². The van der Waals surface area contributed by atoms with Crippen molar-refractivity contribution in [2.45, 2.75) is 147 Å². The molecule has 2 atom stereocenters. The minimum Gasteiger partial charge on any atom is -0.388 e. The van der Waals surface area contributed by atoms with Crippen LogP contribution in [-0.2, 0) is 9.59 Å². The molecule has 3 rings (SSSR count). The molecule has 2 amide bonds. The van der Waals surface area contributed by atoms with Crippen molar-refractivity contribution in [2.24, 2.45) is 17.3 Å². The first-order valence-electron chi connectivity index (χ1n) is 14.1. The van der Waals surface area contributed by atoms with Crippen LogP contribution in [0, 0.1) is 17.3 Å². The molecular weight excluding hydrogens is 428 g/mol. The Morgan fingerprint density at radius 1 is 0.618 bits per heavy atom. The molecule has 0 unspecified atom stereocenters. The van der Waals surface area contributed by atoms with Crippen LogP contribution in [-0.4, -0.2) is 45.3 Å². The molecule has 0 radical (unpaired) electrons. The van der Waals surface area contributed by atoms with E-state index in [0.717, 1.165) is 44.9 Å². The van der Waals surface area contributed by atoms with Gasteiger partial charge in [0.05, 0.1) is 23.3 Å². The van der Waals surface area contributed by atoms with Crippen molar-refractivity contribution < 1.29 is 19.8 Å².